The first-order valence-corrected chi connectivity index (χ1v) is 6.34. The lowest BCUT2D eigenvalue weighted by atomic mass is 10.2. The molecular formula is C15H17N3O2. The van der Waals surface area contributed by atoms with Gasteiger partial charge < -0.3 is 5.11 Å². The molecule has 5 heteroatoms. The monoisotopic (exact) mass is 271 g/mol. The number of carboxylic acid groups (broad SMARTS) is 1. The van der Waals surface area contributed by atoms with Gasteiger partial charge in [-0.1, -0.05) is 12.1 Å². The van der Waals surface area contributed by atoms with Gasteiger partial charge in [0.05, 0.1) is 11.4 Å². The van der Waals surface area contributed by atoms with Gasteiger partial charge in [-0.05, 0) is 37.7 Å². The quantitative estimate of drug-likeness (QED) is 0.902. The molecule has 0 saturated carbocycles. The van der Waals surface area contributed by atoms with Crippen LogP contribution in [0.15, 0.2) is 36.5 Å². The molecule has 0 radical (unpaired) electrons. The normalized spacial score (nSPS) is 10.8. The molecule has 2 rings (SSSR count). The van der Waals surface area contributed by atoms with Crippen LogP contribution < -0.4 is 0 Å². The van der Waals surface area contributed by atoms with Crippen LogP contribution in [0, 0.1) is 6.92 Å². The van der Waals surface area contributed by atoms with Crippen molar-refractivity contribution in [2.24, 2.45) is 0 Å². The van der Waals surface area contributed by atoms with Crippen molar-refractivity contribution in [3.8, 4) is 0 Å². The van der Waals surface area contributed by atoms with E-state index >= 15 is 0 Å². The minimum atomic E-state index is -1.00. The van der Waals surface area contributed by atoms with Gasteiger partial charge in [0.25, 0.3) is 0 Å². The SMILES string of the molecule is Cc1cccnc1CN(C)Cc1cccc(C(=O)O)n1. The molecule has 0 atom stereocenters. The molecule has 0 aromatic carbocycles. The second kappa shape index (κ2) is 6.25. The van der Waals surface area contributed by atoms with Crippen LogP contribution in [0.25, 0.3) is 0 Å². The molecule has 20 heavy (non-hydrogen) atoms. The predicted molar refractivity (Wildman–Crippen MR) is 75.3 cm³/mol. The van der Waals surface area contributed by atoms with E-state index in [2.05, 4.69) is 14.9 Å². The smallest absolute Gasteiger partial charge is 0.354 e. The Balaban J connectivity index is 2.05. The summed E-state index contributed by atoms with van der Waals surface area (Å²) < 4.78 is 0. The van der Waals surface area contributed by atoms with Crippen molar-refractivity contribution in [2.45, 2.75) is 20.0 Å². The summed E-state index contributed by atoms with van der Waals surface area (Å²) in [5, 5.41) is 8.93. The van der Waals surface area contributed by atoms with Gasteiger partial charge in [0.1, 0.15) is 5.69 Å². The molecule has 2 aromatic rings. The largest absolute Gasteiger partial charge is 0.477 e. The fraction of sp³-hybridized carbons (Fsp3) is 0.267. The molecule has 0 amide bonds. The van der Waals surface area contributed by atoms with Gasteiger partial charge in [-0.25, -0.2) is 9.78 Å². The number of pyridine rings is 2. The first-order chi connectivity index (χ1) is 9.56. The number of aryl methyl sites for hydroxylation is 1. The van der Waals surface area contributed by atoms with Gasteiger partial charge in [0.15, 0.2) is 0 Å². The zero-order chi connectivity index (χ0) is 14.5. The Morgan fingerprint density at radius 3 is 2.75 bits per heavy atom. The number of nitrogens with zero attached hydrogens (tertiary/aromatic N) is 3. The Bertz CT molecular complexity index is 614. The molecule has 0 saturated heterocycles. The standard InChI is InChI=1S/C15H17N3O2/c1-11-5-4-8-16-14(11)10-18(2)9-12-6-3-7-13(17-12)15(19)20/h3-8H,9-10H2,1-2H3,(H,19,20). The van der Waals surface area contributed by atoms with Gasteiger partial charge in [-0.2, -0.15) is 0 Å². The molecule has 104 valence electrons. The summed E-state index contributed by atoms with van der Waals surface area (Å²) in [6.07, 6.45) is 1.78. The van der Waals surface area contributed by atoms with E-state index in [0.717, 1.165) is 17.0 Å². The molecule has 0 aliphatic rings. The first kappa shape index (κ1) is 14.1. The number of aromatic nitrogens is 2. The lowest BCUT2D eigenvalue weighted by Crippen LogP contribution is -2.19. The van der Waals surface area contributed by atoms with E-state index in [-0.39, 0.29) is 5.69 Å². The van der Waals surface area contributed by atoms with E-state index in [1.54, 1.807) is 12.3 Å². The minimum absolute atomic E-state index is 0.0740. The molecule has 2 aromatic heterocycles. The highest BCUT2D eigenvalue weighted by atomic mass is 16.4. The number of rotatable bonds is 5. The summed E-state index contributed by atoms with van der Waals surface area (Å²) in [7, 11) is 1.96. The maximum absolute atomic E-state index is 10.9. The van der Waals surface area contributed by atoms with Crippen LogP contribution in [-0.4, -0.2) is 33.0 Å². The highest BCUT2D eigenvalue weighted by molar-refractivity contribution is 5.85. The van der Waals surface area contributed by atoms with Crippen molar-refractivity contribution in [1.29, 1.82) is 0 Å². The fourth-order valence-electron chi connectivity index (χ4n) is 1.96. The number of hydrogen-bond donors (Lipinski definition) is 1. The maximum Gasteiger partial charge on any atom is 0.354 e. The van der Waals surface area contributed by atoms with Crippen molar-refractivity contribution in [2.75, 3.05) is 7.05 Å². The van der Waals surface area contributed by atoms with E-state index < -0.39 is 5.97 Å². The Morgan fingerprint density at radius 2 is 2.05 bits per heavy atom. The van der Waals surface area contributed by atoms with Crippen LogP contribution in [0.4, 0.5) is 0 Å². The molecule has 0 unspecified atom stereocenters. The molecule has 0 fully saturated rings. The average molecular weight is 271 g/mol. The van der Waals surface area contributed by atoms with E-state index in [1.807, 2.05) is 32.2 Å². The van der Waals surface area contributed by atoms with Crippen LogP contribution >= 0.6 is 0 Å². The first-order valence-electron chi connectivity index (χ1n) is 6.34. The summed E-state index contributed by atoms with van der Waals surface area (Å²) in [5.41, 5.74) is 2.97. The molecular weight excluding hydrogens is 254 g/mol. The topological polar surface area (TPSA) is 66.3 Å². The van der Waals surface area contributed by atoms with Crippen LogP contribution in [0.1, 0.15) is 27.4 Å². The molecule has 2 heterocycles. The van der Waals surface area contributed by atoms with E-state index in [0.29, 0.717) is 13.1 Å². The third kappa shape index (κ3) is 3.61. The van der Waals surface area contributed by atoms with Crippen LogP contribution in [0.2, 0.25) is 0 Å². The maximum atomic E-state index is 10.9. The number of carboxylic acids is 1. The summed E-state index contributed by atoms with van der Waals surface area (Å²) in [4.78, 5) is 21.4. The average Bonchev–Trinajstić information content (AvgIpc) is 2.41. The molecule has 0 aliphatic heterocycles. The van der Waals surface area contributed by atoms with Crippen LogP contribution in [0.3, 0.4) is 0 Å². The second-order valence-corrected chi connectivity index (χ2v) is 4.76. The molecule has 0 aliphatic carbocycles. The Morgan fingerprint density at radius 1 is 1.25 bits per heavy atom. The number of aromatic carboxylic acids is 1. The second-order valence-electron chi connectivity index (χ2n) is 4.76. The van der Waals surface area contributed by atoms with Crippen LogP contribution in [-0.2, 0) is 13.1 Å². The van der Waals surface area contributed by atoms with E-state index in [9.17, 15) is 4.79 Å². The molecule has 0 spiro atoms. The van der Waals surface area contributed by atoms with E-state index in [1.165, 1.54) is 6.07 Å². The van der Waals surface area contributed by atoms with Gasteiger partial charge >= 0.3 is 5.97 Å². The van der Waals surface area contributed by atoms with Gasteiger partial charge in [-0.15, -0.1) is 0 Å². The van der Waals surface area contributed by atoms with Gasteiger partial charge in [0, 0.05) is 19.3 Å². The van der Waals surface area contributed by atoms with Crippen molar-refractivity contribution in [1.82, 2.24) is 14.9 Å². The lowest BCUT2D eigenvalue weighted by Gasteiger charge is -2.16. The third-order valence-electron chi connectivity index (χ3n) is 3.00. The van der Waals surface area contributed by atoms with E-state index in [4.69, 9.17) is 5.11 Å². The Kier molecular flexibility index (Phi) is 4.42. The van der Waals surface area contributed by atoms with Crippen molar-refractivity contribution >= 4 is 5.97 Å². The summed E-state index contributed by atoms with van der Waals surface area (Å²) in [6, 6.07) is 8.98. The third-order valence-corrected chi connectivity index (χ3v) is 3.00. The lowest BCUT2D eigenvalue weighted by molar-refractivity contribution is 0.0690. The predicted octanol–water partition coefficient (Wildman–Crippen LogP) is 2.12. The van der Waals surface area contributed by atoms with Gasteiger partial charge in [0.2, 0.25) is 0 Å². The summed E-state index contributed by atoms with van der Waals surface area (Å²) >= 11 is 0. The Labute approximate surface area is 117 Å². The zero-order valence-corrected chi connectivity index (χ0v) is 11.6. The highest BCUT2D eigenvalue weighted by Gasteiger charge is 2.08. The highest BCUT2D eigenvalue weighted by Crippen LogP contribution is 2.09. The van der Waals surface area contributed by atoms with Gasteiger partial charge in [-0.3, -0.25) is 9.88 Å². The van der Waals surface area contributed by atoms with Crippen molar-refractivity contribution < 1.29 is 9.90 Å². The molecule has 0 bridgehead atoms. The number of hydrogen-bond acceptors (Lipinski definition) is 4. The fourth-order valence-corrected chi connectivity index (χ4v) is 1.96. The Hall–Kier alpha value is -2.27. The van der Waals surface area contributed by atoms with Crippen molar-refractivity contribution in [3.63, 3.8) is 0 Å². The summed E-state index contributed by atoms with van der Waals surface area (Å²) in [5.74, 6) is -1.00. The zero-order valence-electron chi connectivity index (χ0n) is 11.6. The van der Waals surface area contributed by atoms with Crippen LogP contribution in [0.5, 0.6) is 0 Å². The minimum Gasteiger partial charge on any atom is -0.477 e. The number of carbonyl (C=O) groups is 1. The van der Waals surface area contributed by atoms with Crippen molar-refractivity contribution in [3.05, 3.63) is 59.2 Å². The molecule has 1 N–H and O–H groups in total. The molecule has 5 nitrogen and oxygen atoms in total. The summed E-state index contributed by atoms with van der Waals surface area (Å²) in [6.45, 7) is 3.31.